The first-order chi connectivity index (χ1) is 13.2. The third kappa shape index (κ3) is 3.73. The second-order valence-corrected chi connectivity index (χ2v) is 11.4. The van der Waals surface area contributed by atoms with Gasteiger partial charge in [-0.25, -0.2) is 4.79 Å². The average molecular weight is 464 g/mol. The summed E-state index contributed by atoms with van der Waals surface area (Å²) in [5.74, 6) is -0.493. The monoisotopic (exact) mass is 463 g/mol. The number of nitrogens with one attached hydrogen (secondary N) is 1. The molecule has 1 N–H and O–H groups in total. The highest BCUT2D eigenvalue weighted by molar-refractivity contribution is 9.11. The van der Waals surface area contributed by atoms with Crippen LogP contribution in [0.1, 0.15) is 70.1 Å². The number of hydrogen-bond acceptors (Lipinski definition) is 5. The molecule has 3 aliphatic rings. The van der Waals surface area contributed by atoms with Crippen LogP contribution in [0, 0.1) is 5.41 Å². The van der Waals surface area contributed by atoms with Crippen molar-refractivity contribution in [1.82, 2.24) is 5.32 Å². The molecule has 1 aromatic rings. The van der Waals surface area contributed by atoms with Crippen LogP contribution in [0.3, 0.4) is 0 Å². The first kappa shape index (κ1) is 19.9. The standard InChI is InChI=1S/C22H26BrNO3S/c1-12-18(21(26)27-13-6-4-5-7-13)20(16-8-9-17(23)28-16)19-14(24-12)10-22(2,3)11-15(19)25/h8-9,13,20,24H,4-7,10-11H2,1-3H3. The van der Waals surface area contributed by atoms with Gasteiger partial charge in [-0.05, 0) is 72.5 Å². The summed E-state index contributed by atoms with van der Waals surface area (Å²) < 4.78 is 6.85. The summed E-state index contributed by atoms with van der Waals surface area (Å²) in [6.07, 6.45) is 5.39. The Morgan fingerprint density at radius 3 is 2.61 bits per heavy atom. The van der Waals surface area contributed by atoms with Crippen LogP contribution in [-0.4, -0.2) is 17.9 Å². The topological polar surface area (TPSA) is 55.4 Å². The molecule has 1 atom stereocenters. The number of hydrogen-bond donors (Lipinski definition) is 1. The first-order valence-electron chi connectivity index (χ1n) is 9.95. The highest BCUT2D eigenvalue weighted by atomic mass is 79.9. The molecule has 0 spiro atoms. The van der Waals surface area contributed by atoms with Gasteiger partial charge in [-0.1, -0.05) is 13.8 Å². The van der Waals surface area contributed by atoms with Crippen LogP contribution in [0.15, 0.2) is 38.5 Å². The minimum atomic E-state index is -0.343. The molecule has 0 aromatic carbocycles. The van der Waals surface area contributed by atoms with Crippen LogP contribution >= 0.6 is 27.3 Å². The van der Waals surface area contributed by atoms with Gasteiger partial charge in [-0.2, -0.15) is 0 Å². The van der Waals surface area contributed by atoms with E-state index in [9.17, 15) is 9.59 Å². The van der Waals surface area contributed by atoms with Crippen molar-refractivity contribution in [3.63, 3.8) is 0 Å². The zero-order chi connectivity index (χ0) is 20.1. The fourth-order valence-corrected chi connectivity index (χ4v) is 6.24. The van der Waals surface area contributed by atoms with Gasteiger partial charge in [0.2, 0.25) is 0 Å². The van der Waals surface area contributed by atoms with Gasteiger partial charge in [-0.3, -0.25) is 4.79 Å². The van der Waals surface area contributed by atoms with Crippen molar-refractivity contribution in [3.05, 3.63) is 43.3 Å². The number of thiophene rings is 1. The molecule has 2 heterocycles. The molecule has 150 valence electrons. The van der Waals surface area contributed by atoms with Gasteiger partial charge >= 0.3 is 5.97 Å². The van der Waals surface area contributed by atoms with Crippen molar-refractivity contribution in [2.75, 3.05) is 0 Å². The molecule has 1 unspecified atom stereocenters. The van der Waals surface area contributed by atoms with E-state index in [1.54, 1.807) is 11.3 Å². The lowest BCUT2D eigenvalue weighted by Gasteiger charge is -2.39. The number of carbonyl (C=O) groups excluding carboxylic acids is 2. The predicted molar refractivity (Wildman–Crippen MR) is 114 cm³/mol. The Morgan fingerprint density at radius 2 is 1.96 bits per heavy atom. The first-order valence-corrected chi connectivity index (χ1v) is 11.6. The van der Waals surface area contributed by atoms with E-state index in [0.717, 1.165) is 57.7 Å². The zero-order valence-electron chi connectivity index (χ0n) is 16.6. The van der Waals surface area contributed by atoms with Crippen LogP contribution in [0.5, 0.6) is 0 Å². The Kier molecular flexibility index (Phi) is 5.29. The fourth-order valence-electron chi connectivity index (χ4n) is 4.70. The third-order valence-electron chi connectivity index (χ3n) is 5.91. The Hall–Kier alpha value is -1.40. The number of esters is 1. The van der Waals surface area contributed by atoms with E-state index >= 15 is 0 Å². The summed E-state index contributed by atoms with van der Waals surface area (Å²) in [4.78, 5) is 27.4. The average Bonchev–Trinajstić information content (AvgIpc) is 3.23. The minimum absolute atomic E-state index is 0.000103. The summed E-state index contributed by atoms with van der Waals surface area (Å²) in [6, 6.07) is 3.99. The Labute approximate surface area is 178 Å². The highest BCUT2D eigenvalue weighted by Gasteiger charge is 2.44. The summed E-state index contributed by atoms with van der Waals surface area (Å²) in [5.41, 5.74) is 3.03. The molecular weight excluding hydrogens is 438 g/mol. The maximum absolute atomic E-state index is 13.2. The molecule has 6 heteroatoms. The molecule has 1 saturated carbocycles. The number of allylic oxidation sites excluding steroid dienone is 3. The van der Waals surface area contributed by atoms with Crippen LogP contribution in [0.25, 0.3) is 0 Å². The van der Waals surface area contributed by atoms with Gasteiger partial charge in [0.15, 0.2) is 5.78 Å². The fraction of sp³-hybridized carbons (Fsp3) is 0.545. The molecule has 1 aromatic heterocycles. The van der Waals surface area contributed by atoms with E-state index in [1.807, 2.05) is 19.1 Å². The molecule has 2 aliphatic carbocycles. The lowest BCUT2D eigenvalue weighted by Crippen LogP contribution is -2.38. The SMILES string of the molecule is CC1=C(C(=O)OC2CCCC2)C(c2ccc(Br)s2)C2=C(CC(C)(C)CC2=O)N1. The summed E-state index contributed by atoms with van der Waals surface area (Å²) >= 11 is 5.11. The quantitative estimate of drug-likeness (QED) is 0.592. The largest absolute Gasteiger partial charge is 0.459 e. The molecule has 0 bridgehead atoms. The Bertz CT molecular complexity index is 889. The van der Waals surface area contributed by atoms with E-state index in [-0.39, 0.29) is 29.2 Å². The van der Waals surface area contributed by atoms with E-state index < -0.39 is 0 Å². The number of dihydropyridines is 1. The zero-order valence-corrected chi connectivity index (χ0v) is 19.0. The number of ether oxygens (including phenoxy) is 1. The van der Waals surface area contributed by atoms with E-state index in [1.165, 1.54) is 0 Å². The van der Waals surface area contributed by atoms with Crippen LogP contribution in [0.2, 0.25) is 0 Å². The van der Waals surface area contributed by atoms with Crippen molar-refractivity contribution < 1.29 is 14.3 Å². The van der Waals surface area contributed by atoms with Crippen molar-refractivity contribution in [2.45, 2.75) is 71.3 Å². The molecule has 0 saturated heterocycles. The van der Waals surface area contributed by atoms with Crippen LogP contribution in [0.4, 0.5) is 0 Å². The van der Waals surface area contributed by atoms with Crippen LogP contribution < -0.4 is 5.32 Å². The predicted octanol–water partition coefficient (Wildman–Crippen LogP) is 5.60. The van der Waals surface area contributed by atoms with Crippen molar-refractivity contribution in [3.8, 4) is 0 Å². The van der Waals surface area contributed by atoms with Crippen molar-refractivity contribution in [2.24, 2.45) is 5.41 Å². The molecule has 4 nitrogen and oxygen atoms in total. The minimum Gasteiger partial charge on any atom is -0.459 e. The number of halogens is 1. The maximum Gasteiger partial charge on any atom is 0.337 e. The van der Waals surface area contributed by atoms with Gasteiger partial charge < -0.3 is 10.1 Å². The Balaban J connectivity index is 1.76. The number of Topliss-reactive ketones (excluding diaryl/α,β-unsaturated/α-hetero) is 1. The molecule has 28 heavy (non-hydrogen) atoms. The normalized spacial score (nSPS) is 25.0. The Morgan fingerprint density at radius 1 is 1.25 bits per heavy atom. The molecular formula is C22H26BrNO3S. The summed E-state index contributed by atoms with van der Waals surface area (Å²) in [5, 5.41) is 3.40. The second-order valence-electron chi connectivity index (χ2n) is 8.88. The van der Waals surface area contributed by atoms with Gasteiger partial charge in [0.1, 0.15) is 6.10 Å². The van der Waals surface area contributed by atoms with E-state index in [2.05, 4.69) is 35.1 Å². The maximum atomic E-state index is 13.2. The lowest BCUT2D eigenvalue weighted by atomic mass is 9.70. The van der Waals surface area contributed by atoms with Gasteiger partial charge in [-0.15, -0.1) is 11.3 Å². The van der Waals surface area contributed by atoms with Crippen molar-refractivity contribution >= 4 is 39.0 Å². The molecule has 1 fully saturated rings. The third-order valence-corrected chi connectivity index (χ3v) is 7.60. The molecule has 0 amide bonds. The summed E-state index contributed by atoms with van der Waals surface area (Å²) in [6.45, 7) is 6.17. The van der Waals surface area contributed by atoms with Crippen molar-refractivity contribution in [1.29, 1.82) is 0 Å². The molecule has 1 aliphatic heterocycles. The highest BCUT2D eigenvalue weighted by Crippen LogP contribution is 2.48. The molecule has 0 radical (unpaired) electrons. The number of rotatable bonds is 3. The summed E-state index contributed by atoms with van der Waals surface area (Å²) in [7, 11) is 0. The number of carbonyl (C=O) groups is 2. The van der Waals surface area contributed by atoms with Crippen LogP contribution in [-0.2, 0) is 14.3 Å². The van der Waals surface area contributed by atoms with Gasteiger partial charge in [0, 0.05) is 28.3 Å². The van der Waals surface area contributed by atoms with E-state index in [4.69, 9.17) is 4.74 Å². The molecule has 4 rings (SSSR count). The lowest BCUT2D eigenvalue weighted by molar-refractivity contribution is -0.144. The van der Waals surface area contributed by atoms with Gasteiger partial charge in [0.25, 0.3) is 0 Å². The smallest absolute Gasteiger partial charge is 0.337 e. The number of ketones is 1. The van der Waals surface area contributed by atoms with E-state index in [0.29, 0.717) is 12.0 Å². The second kappa shape index (κ2) is 7.45. The van der Waals surface area contributed by atoms with Gasteiger partial charge in [0.05, 0.1) is 15.3 Å².